The highest BCUT2D eigenvalue weighted by Crippen LogP contribution is 2.28. The van der Waals surface area contributed by atoms with E-state index < -0.39 is 17.7 Å². The number of rotatable bonds is 5. The summed E-state index contributed by atoms with van der Waals surface area (Å²) in [4.78, 5) is 35.0. The van der Waals surface area contributed by atoms with E-state index in [-0.39, 0.29) is 18.1 Å². The van der Waals surface area contributed by atoms with Crippen molar-refractivity contribution in [3.05, 3.63) is 34.4 Å². The molecule has 0 aliphatic carbocycles. The van der Waals surface area contributed by atoms with Gasteiger partial charge in [-0.05, 0) is 28.1 Å². The molecule has 1 fully saturated rings. The molecule has 9 heteroatoms. The van der Waals surface area contributed by atoms with E-state index in [0.717, 1.165) is 0 Å². The molecule has 8 nitrogen and oxygen atoms in total. The minimum absolute atomic E-state index is 0.133. The van der Waals surface area contributed by atoms with Gasteiger partial charge >= 0.3 is 11.9 Å². The number of carbonyl (C=O) groups excluding carboxylic acids is 3. The topological polar surface area (TPSA) is 103 Å². The lowest BCUT2D eigenvalue weighted by atomic mass is 10.2. The molecule has 0 aromatic heterocycles. The largest absolute Gasteiger partial charge is 0.484 e. The summed E-state index contributed by atoms with van der Waals surface area (Å²) < 4.78 is 16.0. The highest BCUT2D eigenvalue weighted by atomic mass is 79.9. The van der Waals surface area contributed by atoms with Gasteiger partial charge < -0.3 is 24.8 Å². The second-order valence-electron chi connectivity index (χ2n) is 5.48. The summed E-state index contributed by atoms with van der Waals surface area (Å²) in [6.07, 6.45) is 1.20. The van der Waals surface area contributed by atoms with Crippen LogP contribution >= 0.6 is 15.9 Å². The first kappa shape index (κ1) is 18.8. The molecular formula is C16H17BrN2O6. The molecule has 134 valence electrons. The molecular weight excluding hydrogens is 396 g/mol. The van der Waals surface area contributed by atoms with E-state index in [2.05, 4.69) is 26.6 Å². The quantitative estimate of drug-likeness (QED) is 0.430. The summed E-state index contributed by atoms with van der Waals surface area (Å²) in [5, 5.41) is 5.27. The Morgan fingerprint density at radius 1 is 1.28 bits per heavy atom. The first-order chi connectivity index (χ1) is 11.7. The summed E-state index contributed by atoms with van der Waals surface area (Å²) in [5.41, 5.74) is 0.259. The van der Waals surface area contributed by atoms with Crippen molar-refractivity contribution in [2.45, 2.75) is 19.6 Å². The van der Waals surface area contributed by atoms with E-state index in [1.807, 2.05) is 0 Å². The van der Waals surface area contributed by atoms with Crippen molar-refractivity contribution in [3.63, 3.8) is 0 Å². The Labute approximate surface area is 152 Å². The highest BCUT2D eigenvalue weighted by Gasteiger charge is 2.38. The lowest BCUT2D eigenvalue weighted by Gasteiger charge is -2.29. The number of amides is 1. The zero-order valence-electron chi connectivity index (χ0n) is 13.8. The third kappa shape index (κ3) is 4.96. The number of cyclic esters (lactones) is 2. The molecule has 25 heavy (non-hydrogen) atoms. The van der Waals surface area contributed by atoms with Crippen LogP contribution in [0.15, 0.2) is 34.4 Å². The van der Waals surface area contributed by atoms with Gasteiger partial charge in [0.15, 0.2) is 12.2 Å². The maximum atomic E-state index is 11.9. The minimum Gasteiger partial charge on any atom is -0.484 e. The fraction of sp³-hybridized carbons (Fsp3) is 0.312. The highest BCUT2D eigenvalue weighted by molar-refractivity contribution is 9.10. The van der Waals surface area contributed by atoms with Gasteiger partial charge in [-0.3, -0.25) is 4.79 Å². The van der Waals surface area contributed by atoms with Crippen LogP contribution in [0.5, 0.6) is 5.75 Å². The molecule has 1 aromatic carbocycles. The molecule has 0 bridgehead atoms. The van der Waals surface area contributed by atoms with Gasteiger partial charge in [-0.15, -0.1) is 0 Å². The fourth-order valence-corrected chi connectivity index (χ4v) is 2.22. The number of esters is 2. The maximum absolute atomic E-state index is 11.9. The molecule has 0 radical (unpaired) electrons. The number of benzene rings is 1. The predicted octanol–water partition coefficient (Wildman–Crippen LogP) is 1.71. The van der Waals surface area contributed by atoms with Crippen LogP contribution in [0, 0.1) is 0 Å². The molecule has 0 saturated carbocycles. The fourth-order valence-electron chi connectivity index (χ4n) is 1.85. The molecule has 1 aromatic rings. The minimum atomic E-state index is -1.29. The zero-order valence-corrected chi connectivity index (χ0v) is 15.4. The van der Waals surface area contributed by atoms with Gasteiger partial charge in [0, 0.05) is 37.6 Å². The second kappa shape index (κ2) is 7.56. The first-order valence-corrected chi connectivity index (χ1v) is 8.07. The monoisotopic (exact) mass is 412 g/mol. The average Bonchev–Trinajstić information content (AvgIpc) is 2.52. The van der Waals surface area contributed by atoms with E-state index in [1.54, 1.807) is 18.2 Å². The van der Waals surface area contributed by atoms with Crippen molar-refractivity contribution in [2.75, 3.05) is 19.0 Å². The van der Waals surface area contributed by atoms with Crippen LogP contribution in [-0.4, -0.2) is 37.3 Å². The van der Waals surface area contributed by atoms with Crippen molar-refractivity contribution in [3.8, 4) is 5.75 Å². The Morgan fingerprint density at radius 3 is 2.52 bits per heavy atom. The van der Waals surface area contributed by atoms with Gasteiger partial charge in [-0.25, -0.2) is 9.59 Å². The van der Waals surface area contributed by atoms with Crippen LogP contribution in [0.25, 0.3) is 0 Å². The zero-order chi connectivity index (χ0) is 18.6. The van der Waals surface area contributed by atoms with Gasteiger partial charge in [0.05, 0.1) is 5.69 Å². The van der Waals surface area contributed by atoms with Crippen molar-refractivity contribution in [1.82, 2.24) is 5.32 Å². The normalized spacial score (nSPS) is 15.8. The Morgan fingerprint density at radius 2 is 1.92 bits per heavy atom. The van der Waals surface area contributed by atoms with E-state index in [4.69, 9.17) is 14.2 Å². The second-order valence-corrected chi connectivity index (χ2v) is 6.34. The van der Waals surface area contributed by atoms with Crippen LogP contribution in [0.4, 0.5) is 5.69 Å². The lowest BCUT2D eigenvalue weighted by Crippen LogP contribution is -2.42. The molecule has 0 spiro atoms. The number of halogens is 1. The van der Waals surface area contributed by atoms with Crippen LogP contribution < -0.4 is 15.4 Å². The number of hydrogen-bond donors (Lipinski definition) is 2. The number of nitrogens with one attached hydrogen (secondary N) is 2. The number of ether oxygens (including phenoxy) is 3. The molecule has 1 heterocycles. The molecule has 1 aliphatic rings. The number of hydrogen-bond acceptors (Lipinski definition) is 7. The smallest absolute Gasteiger partial charge is 0.350 e. The summed E-state index contributed by atoms with van der Waals surface area (Å²) >= 11 is 3.34. The average molecular weight is 413 g/mol. The SMILES string of the molecule is CNC(=O)COc1ccc(Br)c(NC=C2C(=O)OC(C)(C)OC2=O)c1. The van der Waals surface area contributed by atoms with E-state index in [1.165, 1.54) is 27.1 Å². The summed E-state index contributed by atoms with van der Waals surface area (Å²) in [6.45, 7) is 2.81. The Kier molecular flexibility index (Phi) is 5.68. The number of likely N-dealkylation sites (N-methyl/N-ethyl adjacent to an activating group) is 1. The summed E-state index contributed by atoms with van der Waals surface area (Å²) in [5.74, 6) is -2.69. The summed E-state index contributed by atoms with van der Waals surface area (Å²) in [6, 6.07) is 4.96. The predicted molar refractivity (Wildman–Crippen MR) is 91.7 cm³/mol. The van der Waals surface area contributed by atoms with E-state index in [9.17, 15) is 14.4 Å². The Balaban J connectivity index is 2.13. The van der Waals surface area contributed by atoms with Crippen LogP contribution in [0.1, 0.15) is 13.8 Å². The molecule has 2 rings (SSSR count). The van der Waals surface area contributed by atoms with Crippen molar-refractivity contribution < 1.29 is 28.6 Å². The van der Waals surface area contributed by atoms with Crippen molar-refractivity contribution >= 4 is 39.5 Å². The molecule has 1 amide bonds. The first-order valence-electron chi connectivity index (χ1n) is 7.28. The molecule has 0 atom stereocenters. The molecule has 0 unspecified atom stereocenters. The van der Waals surface area contributed by atoms with Gasteiger partial charge in [-0.2, -0.15) is 0 Å². The van der Waals surface area contributed by atoms with Gasteiger partial charge in [0.2, 0.25) is 0 Å². The molecule has 1 saturated heterocycles. The summed E-state index contributed by atoms with van der Waals surface area (Å²) in [7, 11) is 1.51. The standard InChI is InChI=1S/C16H17BrN2O6/c1-16(2)24-14(21)10(15(22)25-16)7-19-12-6-9(4-5-11(12)17)23-8-13(20)18-3/h4-7,19H,8H2,1-3H3,(H,18,20). The van der Waals surface area contributed by atoms with Crippen molar-refractivity contribution in [2.24, 2.45) is 0 Å². The van der Waals surface area contributed by atoms with E-state index in [0.29, 0.717) is 15.9 Å². The van der Waals surface area contributed by atoms with Gasteiger partial charge in [-0.1, -0.05) is 0 Å². The van der Waals surface area contributed by atoms with Crippen molar-refractivity contribution in [1.29, 1.82) is 0 Å². The Bertz CT molecular complexity index is 722. The maximum Gasteiger partial charge on any atom is 0.350 e. The number of carbonyl (C=O) groups is 3. The van der Waals surface area contributed by atoms with Gasteiger partial charge in [0.25, 0.3) is 11.7 Å². The van der Waals surface area contributed by atoms with Gasteiger partial charge in [0.1, 0.15) is 5.75 Å². The van der Waals surface area contributed by atoms with E-state index >= 15 is 0 Å². The molecule has 2 N–H and O–H groups in total. The van der Waals surface area contributed by atoms with Crippen LogP contribution in [0.3, 0.4) is 0 Å². The third-order valence-electron chi connectivity index (χ3n) is 3.08. The Hall–Kier alpha value is -2.55. The van der Waals surface area contributed by atoms with Crippen LogP contribution in [0.2, 0.25) is 0 Å². The van der Waals surface area contributed by atoms with Crippen LogP contribution in [-0.2, 0) is 23.9 Å². The lowest BCUT2D eigenvalue weighted by molar-refractivity contribution is -0.222. The molecule has 1 aliphatic heterocycles. The number of anilines is 1. The third-order valence-corrected chi connectivity index (χ3v) is 3.77.